The predicted octanol–water partition coefficient (Wildman–Crippen LogP) is 1.39. The van der Waals surface area contributed by atoms with Gasteiger partial charge in [0.25, 0.3) is 0 Å². The van der Waals surface area contributed by atoms with Gasteiger partial charge in [-0.2, -0.15) is 22.0 Å². The highest BCUT2D eigenvalue weighted by Crippen LogP contribution is 2.42. The van der Waals surface area contributed by atoms with Crippen LogP contribution in [0.2, 0.25) is 5.02 Å². The fourth-order valence-electron chi connectivity index (χ4n) is 0.850. The normalized spacial score (nSPS) is 13.8. The molecular formula is C9H4ClF7I+. The van der Waals surface area contributed by atoms with Gasteiger partial charge in [-0.1, -0.05) is 11.6 Å². The van der Waals surface area contributed by atoms with Crippen LogP contribution < -0.4 is 21.2 Å². The fraction of sp³-hybridized carbons (Fsp3) is 0.333. The molecule has 0 saturated heterocycles. The Hall–Kier alpha value is -0.250. The highest BCUT2D eigenvalue weighted by molar-refractivity contribution is 6.30. The van der Waals surface area contributed by atoms with Crippen LogP contribution in [0.15, 0.2) is 24.3 Å². The molecule has 0 radical (unpaired) electrons. The van der Waals surface area contributed by atoms with Gasteiger partial charge in [0.1, 0.15) is 0 Å². The van der Waals surface area contributed by atoms with Crippen molar-refractivity contribution in [3.63, 3.8) is 0 Å². The van der Waals surface area contributed by atoms with Crippen molar-refractivity contribution in [3.05, 3.63) is 32.9 Å². The smallest absolute Gasteiger partial charge is 0.185 e. The van der Waals surface area contributed by atoms with E-state index in [2.05, 4.69) is 0 Å². The summed E-state index contributed by atoms with van der Waals surface area (Å²) in [5.41, 5.74) is 0. The van der Waals surface area contributed by atoms with E-state index in [0.717, 1.165) is 24.3 Å². The molecule has 1 aromatic rings. The lowest BCUT2D eigenvalue weighted by Gasteiger charge is -2.19. The second-order valence-corrected chi connectivity index (χ2v) is 6.68. The van der Waals surface area contributed by atoms with Gasteiger partial charge in [0.05, 0.1) is 0 Å². The Morgan fingerprint density at radius 3 is 1.67 bits per heavy atom. The van der Waals surface area contributed by atoms with Crippen LogP contribution in [0.25, 0.3) is 0 Å². The number of alkyl halides is 8. The first-order valence-corrected chi connectivity index (χ1v) is 6.75. The van der Waals surface area contributed by atoms with E-state index in [1.165, 1.54) is 0 Å². The largest absolute Gasteiger partial charge is 0.520 e. The Morgan fingerprint density at radius 1 is 0.833 bits per heavy atom. The minimum Gasteiger partial charge on any atom is -0.185 e. The van der Waals surface area contributed by atoms with Gasteiger partial charge in [-0.05, 0) is 24.3 Å². The number of hydrogen-bond donors (Lipinski definition) is 0. The van der Waals surface area contributed by atoms with Crippen molar-refractivity contribution in [2.75, 3.05) is 0 Å². The molecule has 18 heavy (non-hydrogen) atoms. The van der Waals surface area contributed by atoms with Crippen LogP contribution in [0.4, 0.5) is 30.7 Å². The SMILES string of the molecule is FC(F)(F)C(F)(F)C(F)(F)[I+]c1ccc(Cl)cc1. The van der Waals surface area contributed by atoms with Crippen molar-refractivity contribution in [2.24, 2.45) is 0 Å². The van der Waals surface area contributed by atoms with Gasteiger partial charge in [0, 0.05) is 5.02 Å². The van der Waals surface area contributed by atoms with Crippen LogP contribution >= 0.6 is 11.6 Å². The van der Waals surface area contributed by atoms with E-state index >= 15 is 0 Å². The molecule has 0 aromatic heterocycles. The van der Waals surface area contributed by atoms with Crippen LogP contribution in [0, 0.1) is 3.57 Å². The highest BCUT2D eigenvalue weighted by atomic mass is 127. The zero-order valence-electron chi connectivity index (χ0n) is 8.21. The molecule has 0 unspecified atom stereocenters. The van der Waals surface area contributed by atoms with Gasteiger partial charge in [-0.15, -0.1) is 8.78 Å². The van der Waals surface area contributed by atoms with E-state index < -0.39 is 37.2 Å². The van der Waals surface area contributed by atoms with Crippen LogP contribution in [0.1, 0.15) is 0 Å². The van der Waals surface area contributed by atoms with Gasteiger partial charge in [-0.25, -0.2) is 0 Å². The second-order valence-electron chi connectivity index (χ2n) is 3.10. The van der Waals surface area contributed by atoms with Gasteiger partial charge in [0.2, 0.25) is 0 Å². The summed E-state index contributed by atoms with van der Waals surface area (Å²) in [5.74, 6) is -6.03. The zero-order chi connectivity index (χ0) is 14.2. The van der Waals surface area contributed by atoms with Gasteiger partial charge < -0.3 is 0 Å². The van der Waals surface area contributed by atoms with E-state index in [1.54, 1.807) is 0 Å². The Morgan fingerprint density at radius 2 is 1.28 bits per heavy atom. The van der Waals surface area contributed by atoms with E-state index in [4.69, 9.17) is 11.6 Å². The monoisotopic (exact) mass is 407 g/mol. The Labute approximate surface area is 112 Å². The zero-order valence-corrected chi connectivity index (χ0v) is 11.1. The average molecular weight is 407 g/mol. The summed E-state index contributed by atoms with van der Waals surface area (Å²) in [6.45, 7) is 0. The van der Waals surface area contributed by atoms with Crippen LogP contribution in [-0.4, -0.2) is 16.0 Å². The lowest BCUT2D eigenvalue weighted by molar-refractivity contribution is -0.790. The molecule has 1 rings (SSSR count). The number of halogens is 9. The van der Waals surface area contributed by atoms with Crippen molar-refractivity contribution in [3.8, 4) is 0 Å². The van der Waals surface area contributed by atoms with Crippen molar-refractivity contribution >= 4 is 11.6 Å². The maximum Gasteiger partial charge on any atom is 0.520 e. The molecule has 0 amide bonds. The molecule has 0 nitrogen and oxygen atoms in total. The van der Waals surface area contributed by atoms with Crippen molar-refractivity contribution in [1.29, 1.82) is 0 Å². The molecule has 102 valence electrons. The van der Waals surface area contributed by atoms with Crippen molar-refractivity contribution in [1.82, 2.24) is 0 Å². The summed E-state index contributed by atoms with van der Waals surface area (Å²) in [6.07, 6.45) is -6.28. The first-order valence-electron chi connectivity index (χ1n) is 4.21. The number of hydrogen-bond acceptors (Lipinski definition) is 0. The van der Waals surface area contributed by atoms with Crippen LogP contribution in [-0.2, 0) is 0 Å². The van der Waals surface area contributed by atoms with Crippen LogP contribution in [0.3, 0.4) is 0 Å². The molecular weight excluding hydrogens is 403 g/mol. The Balaban J connectivity index is 2.97. The van der Waals surface area contributed by atoms with Crippen molar-refractivity contribution in [2.45, 2.75) is 16.0 Å². The summed E-state index contributed by atoms with van der Waals surface area (Å²) in [5, 5.41) is 0.175. The Bertz CT molecular complexity index is 412. The minimum atomic E-state index is -6.28. The molecule has 0 atom stereocenters. The number of benzene rings is 1. The van der Waals surface area contributed by atoms with Gasteiger partial charge >= 0.3 is 37.2 Å². The molecule has 0 fully saturated rings. The molecule has 0 N–H and O–H groups in total. The second kappa shape index (κ2) is 5.03. The molecule has 1 aromatic carbocycles. The third kappa shape index (κ3) is 3.19. The highest BCUT2D eigenvalue weighted by Gasteiger charge is 2.81. The maximum atomic E-state index is 13.0. The maximum absolute atomic E-state index is 13.0. The molecule has 9 heteroatoms. The van der Waals surface area contributed by atoms with E-state index in [-0.39, 0.29) is 8.59 Å². The molecule has 0 saturated carbocycles. The summed E-state index contributed by atoms with van der Waals surface area (Å²) in [6, 6.07) is 4.32. The third-order valence-corrected chi connectivity index (χ3v) is 4.69. The summed E-state index contributed by atoms with van der Waals surface area (Å²) >= 11 is 2.59. The molecule has 0 heterocycles. The quantitative estimate of drug-likeness (QED) is 0.404. The molecule has 0 aliphatic carbocycles. The average Bonchev–Trinajstić information content (AvgIpc) is 2.19. The molecule has 0 spiro atoms. The summed E-state index contributed by atoms with van der Waals surface area (Å²) in [7, 11) is 0. The van der Waals surface area contributed by atoms with Gasteiger partial charge in [-0.3, -0.25) is 0 Å². The molecule has 0 aliphatic heterocycles. The standard InChI is InChI=1S/C9H4ClF7I/c10-5-1-3-6(4-2-5)18-9(16,17)7(11,12)8(13,14)15/h1-4H/q+1. The number of rotatable bonds is 3. The van der Waals surface area contributed by atoms with Crippen LogP contribution in [0.5, 0.6) is 0 Å². The van der Waals surface area contributed by atoms with Crippen molar-refractivity contribution < 1.29 is 51.9 Å². The molecule has 0 aliphatic rings. The lowest BCUT2D eigenvalue weighted by Crippen LogP contribution is -3.68. The third-order valence-electron chi connectivity index (χ3n) is 1.74. The van der Waals surface area contributed by atoms with E-state index in [1.807, 2.05) is 0 Å². The van der Waals surface area contributed by atoms with E-state index in [0.29, 0.717) is 0 Å². The lowest BCUT2D eigenvalue weighted by atomic mass is 10.3. The summed E-state index contributed by atoms with van der Waals surface area (Å²) < 4.78 is 81.5. The molecule has 0 bridgehead atoms. The summed E-state index contributed by atoms with van der Waals surface area (Å²) in [4.78, 5) is 0. The van der Waals surface area contributed by atoms with Gasteiger partial charge in [0.15, 0.2) is 3.57 Å². The fourth-order valence-corrected chi connectivity index (χ4v) is 3.12. The first kappa shape index (κ1) is 15.8. The predicted molar refractivity (Wildman–Crippen MR) is 46.1 cm³/mol. The first-order chi connectivity index (χ1) is 7.97. The topological polar surface area (TPSA) is 0 Å². The van der Waals surface area contributed by atoms with E-state index in [9.17, 15) is 30.7 Å². The Kier molecular flexibility index (Phi) is 4.41. The minimum absolute atomic E-state index is 0.175.